The van der Waals surface area contributed by atoms with Gasteiger partial charge in [0.05, 0.1) is 42.0 Å². The van der Waals surface area contributed by atoms with Gasteiger partial charge in [-0.1, -0.05) is 19.4 Å². The molecule has 0 spiro atoms. The fourth-order valence-electron chi connectivity index (χ4n) is 3.31. The van der Waals surface area contributed by atoms with E-state index in [1.54, 1.807) is 49.6 Å². The number of anilines is 1. The molecule has 3 rings (SSSR count). The minimum Gasteiger partial charge on any atom is -0.497 e. The first-order valence-corrected chi connectivity index (χ1v) is 12.7. The maximum atomic E-state index is 13.2. The van der Waals surface area contributed by atoms with E-state index in [-0.39, 0.29) is 28.9 Å². The van der Waals surface area contributed by atoms with Crippen LogP contribution < -0.4 is 14.8 Å². The van der Waals surface area contributed by atoms with Crippen LogP contribution in [0.25, 0.3) is 0 Å². The smallest absolute Gasteiger partial charge is 0.306 e. The highest BCUT2D eigenvalue weighted by Crippen LogP contribution is 2.27. The van der Waals surface area contributed by atoms with Gasteiger partial charge < -0.3 is 19.5 Å². The molecule has 1 N–H and O–H groups in total. The second-order valence-corrected chi connectivity index (χ2v) is 9.14. The molecule has 190 valence electrons. The molecule has 10 heteroatoms. The second kappa shape index (κ2) is 13.3. The number of esters is 1. The summed E-state index contributed by atoms with van der Waals surface area (Å²) in [5.74, 6) is 0.498. The van der Waals surface area contributed by atoms with E-state index in [1.807, 2.05) is 6.92 Å². The van der Waals surface area contributed by atoms with Crippen molar-refractivity contribution < 1.29 is 28.0 Å². The molecule has 0 saturated carbocycles. The molecule has 0 aliphatic carbocycles. The number of benzene rings is 1. The maximum absolute atomic E-state index is 13.2. The summed E-state index contributed by atoms with van der Waals surface area (Å²) in [6, 6.07) is 11.7. The Labute approximate surface area is 212 Å². The molecule has 0 fully saturated rings. The van der Waals surface area contributed by atoms with Gasteiger partial charge >= 0.3 is 5.97 Å². The van der Waals surface area contributed by atoms with Gasteiger partial charge in [-0.2, -0.15) is 0 Å². The highest BCUT2D eigenvalue weighted by molar-refractivity contribution is 7.84. The third kappa shape index (κ3) is 7.35. The lowest BCUT2D eigenvalue weighted by atomic mass is 10.2. The average molecular weight is 512 g/mol. The lowest BCUT2D eigenvalue weighted by molar-refractivity contribution is -0.145. The van der Waals surface area contributed by atoms with E-state index in [0.29, 0.717) is 34.9 Å². The molecule has 36 heavy (non-hydrogen) atoms. The molecule has 0 radical (unpaired) electrons. The van der Waals surface area contributed by atoms with Crippen LogP contribution in [0.3, 0.4) is 0 Å². The largest absolute Gasteiger partial charge is 0.497 e. The molecule has 1 unspecified atom stereocenters. The van der Waals surface area contributed by atoms with Crippen molar-refractivity contribution in [2.75, 3.05) is 19.5 Å². The van der Waals surface area contributed by atoms with Gasteiger partial charge in [-0.05, 0) is 36.8 Å². The maximum Gasteiger partial charge on any atom is 0.306 e. The van der Waals surface area contributed by atoms with Crippen LogP contribution in [-0.4, -0.2) is 40.3 Å². The van der Waals surface area contributed by atoms with Crippen molar-refractivity contribution in [1.29, 1.82) is 0 Å². The van der Waals surface area contributed by atoms with Crippen LogP contribution in [0.15, 0.2) is 59.9 Å². The second-order valence-electron chi connectivity index (χ2n) is 7.78. The third-order valence-corrected chi connectivity index (χ3v) is 6.53. The molecule has 9 nitrogen and oxygen atoms in total. The van der Waals surface area contributed by atoms with E-state index in [1.165, 1.54) is 19.5 Å². The summed E-state index contributed by atoms with van der Waals surface area (Å²) in [7, 11) is 1.45. The van der Waals surface area contributed by atoms with Crippen molar-refractivity contribution in [3.63, 3.8) is 0 Å². The number of aromatic nitrogens is 2. The summed E-state index contributed by atoms with van der Waals surface area (Å²) < 4.78 is 29.1. The number of amides is 1. The Balaban J connectivity index is 1.72. The van der Waals surface area contributed by atoms with Gasteiger partial charge in [-0.25, -0.2) is 4.98 Å². The molecule has 0 saturated heterocycles. The summed E-state index contributed by atoms with van der Waals surface area (Å²) in [5, 5.41) is 2.94. The normalized spacial score (nSPS) is 11.4. The van der Waals surface area contributed by atoms with Crippen LogP contribution in [0.2, 0.25) is 0 Å². The fourth-order valence-corrected chi connectivity index (χ4v) is 4.55. The number of methoxy groups -OCH3 is 2. The van der Waals surface area contributed by atoms with Gasteiger partial charge in [0.1, 0.15) is 23.1 Å². The zero-order valence-corrected chi connectivity index (χ0v) is 21.3. The Morgan fingerprint density at radius 2 is 1.86 bits per heavy atom. The van der Waals surface area contributed by atoms with Gasteiger partial charge in [0.2, 0.25) is 0 Å². The Hall–Kier alpha value is -3.79. The minimum atomic E-state index is -1.62. The number of carbonyl (C=O) groups is 2. The van der Waals surface area contributed by atoms with Crippen LogP contribution in [0.4, 0.5) is 5.69 Å². The Kier molecular flexibility index (Phi) is 9.93. The number of ether oxygens (including phenoxy) is 3. The molecule has 1 atom stereocenters. The predicted octanol–water partition coefficient (Wildman–Crippen LogP) is 4.29. The van der Waals surface area contributed by atoms with E-state index < -0.39 is 16.7 Å². The fraction of sp³-hybridized carbons (Fsp3) is 0.308. The molecular weight excluding hydrogens is 482 g/mol. The molecule has 0 bridgehead atoms. The van der Waals surface area contributed by atoms with Crippen molar-refractivity contribution >= 4 is 28.4 Å². The molecule has 0 aliphatic heterocycles. The number of rotatable bonds is 12. The van der Waals surface area contributed by atoms with Crippen molar-refractivity contribution in [3.05, 3.63) is 71.7 Å². The summed E-state index contributed by atoms with van der Waals surface area (Å²) in [6.45, 7) is 2.01. The summed E-state index contributed by atoms with van der Waals surface area (Å²) in [4.78, 5) is 33.2. The quantitative estimate of drug-likeness (QED) is 0.358. The van der Waals surface area contributed by atoms with Crippen molar-refractivity contribution in [1.82, 2.24) is 9.97 Å². The zero-order chi connectivity index (χ0) is 25.9. The van der Waals surface area contributed by atoms with E-state index >= 15 is 0 Å². The van der Waals surface area contributed by atoms with Crippen LogP contribution in [0, 0.1) is 0 Å². The SMILES string of the molecule is CCCCC(=O)OCc1cc(NC(=O)c2cccnc2S(=O)Cc2ccc(OC)cc2OC)ccn1. The van der Waals surface area contributed by atoms with Crippen molar-refractivity contribution in [2.24, 2.45) is 0 Å². The minimum absolute atomic E-state index is 0.0120. The highest BCUT2D eigenvalue weighted by Gasteiger charge is 2.19. The number of pyridine rings is 2. The lowest BCUT2D eigenvalue weighted by Gasteiger charge is -2.12. The van der Waals surface area contributed by atoms with Gasteiger partial charge in [0, 0.05) is 36.1 Å². The molecule has 3 aromatic rings. The van der Waals surface area contributed by atoms with Gasteiger partial charge in [0.15, 0.2) is 0 Å². The lowest BCUT2D eigenvalue weighted by Crippen LogP contribution is -2.16. The Morgan fingerprint density at radius 1 is 1.03 bits per heavy atom. The standard InChI is InChI=1S/C26H29N3O6S/c1-4-5-8-24(30)35-16-20-14-19(11-13-27-20)29-25(31)22-7-6-12-28-26(22)36(32)17-18-9-10-21(33-2)15-23(18)34-3/h6-7,9-15H,4-5,8,16-17H2,1-3H3,(H,27,29,31). The number of hydrogen-bond acceptors (Lipinski definition) is 8. The van der Waals surface area contributed by atoms with Gasteiger partial charge in [-0.3, -0.25) is 18.8 Å². The van der Waals surface area contributed by atoms with E-state index in [0.717, 1.165) is 12.8 Å². The van der Waals surface area contributed by atoms with E-state index in [4.69, 9.17) is 14.2 Å². The summed E-state index contributed by atoms with van der Waals surface area (Å²) in [5.41, 5.74) is 1.85. The predicted molar refractivity (Wildman–Crippen MR) is 135 cm³/mol. The van der Waals surface area contributed by atoms with E-state index in [9.17, 15) is 13.8 Å². The van der Waals surface area contributed by atoms with Crippen LogP contribution in [-0.2, 0) is 32.7 Å². The molecular formula is C26H29N3O6S. The van der Waals surface area contributed by atoms with Crippen LogP contribution in [0.1, 0.15) is 47.8 Å². The van der Waals surface area contributed by atoms with Crippen molar-refractivity contribution in [3.8, 4) is 11.5 Å². The molecule has 0 aliphatic rings. The molecule has 1 aromatic carbocycles. The monoisotopic (exact) mass is 511 g/mol. The van der Waals surface area contributed by atoms with Crippen molar-refractivity contribution in [2.45, 2.75) is 43.6 Å². The highest BCUT2D eigenvalue weighted by atomic mass is 32.2. The number of carbonyl (C=O) groups excluding carboxylic acids is 2. The first-order chi connectivity index (χ1) is 17.4. The Bertz CT molecular complexity index is 1230. The van der Waals surface area contributed by atoms with Crippen LogP contribution in [0.5, 0.6) is 11.5 Å². The van der Waals surface area contributed by atoms with Crippen LogP contribution >= 0.6 is 0 Å². The molecule has 2 heterocycles. The molecule has 1 amide bonds. The average Bonchev–Trinajstić information content (AvgIpc) is 2.91. The Morgan fingerprint density at radius 3 is 2.61 bits per heavy atom. The first kappa shape index (κ1) is 26.8. The first-order valence-electron chi connectivity index (χ1n) is 11.4. The topological polar surface area (TPSA) is 117 Å². The zero-order valence-electron chi connectivity index (χ0n) is 20.5. The van der Waals surface area contributed by atoms with E-state index in [2.05, 4.69) is 15.3 Å². The molecule has 2 aromatic heterocycles. The number of nitrogens with zero attached hydrogens (tertiary/aromatic N) is 2. The summed E-state index contributed by atoms with van der Waals surface area (Å²) >= 11 is 0. The number of nitrogens with one attached hydrogen (secondary N) is 1. The van der Waals surface area contributed by atoms with Gasteiger partial charge in [-0.15, -0.1) is 0 Å². The number of hydrogen-bond donors (Lipinski definition) is 1. The number of unbranched alkanes of at least 4 members (excludes halogenated alkanes) is 1. The third-order valence-electron chi connectivity index (χ3n) is 5.20. The summed E-state index contributed by atoms with van der Waals surface area (Å²) in [6.07, 6.45) is 5.04. The van der Waals surface area contributed by atoms with Gasteiger partial charge in [0.25, 0.3) is 5.91 Å².